The second-order valence-electron chi connectivity index (χ2n) is 5.72. The zero-order valence-corrected chi connectivity index (χ0v) is 13.5. The van der Waals surface area contributed by atoms with E-state index in [0.717, 1.165) is 33.5 Å². The molecule has 25 heavy (non-hydrogen) atoms. The second-order valence-corrected chi connectivity index (χ2v) is 5.72. The molecule has 0 fully saturated rings. The molecule has 0 spiro atoms. The third-order valence-electron chi connectivity index (χ3n) is 4.27. The van der Waals surface area contributed by atoms with E-state index in [9.17, 15) is 10.3 Å². The lowest BCUT2D eigenvalue weighted by molar-refractivity contribution is 0.322. The van der Waals surface area contributed by atoms with Crippen LogP contribution in [-0.2, 0) is 7.05 Å². The van der Waals surface area contributed by atoms with Crippen LogP contribution in [0.4, 0.5) is 0 Å². The molecule has 2 heterocycles. The van der Waals surface area contributed by atoms with E-state index in [1.165, 1.54) is 6.21 Å². The number of aromatic nitrogens is 3. The van der Waals surface area contributed by atoms with Crippen LogP contribution < -0.4 is 0 Å². The maximum atomic E-state index is 9.63. The summed E-state index contributed by atoms with van der Waals surface area (Å²) in [5.74, 6) is 0.208. The number of para-hydroxylation sites is 1. The molecule has 6 heteroatoms. The van der Waals surface area contributed by atoms with E-state index in [4.69, 9.17) is 0 Å². The van der Waals surface area contributed by atoms with Gasteiger partial charge in [-0.3, -0.25) is 4.68 Å². The number of benzene rings is 2. The van der Waals surface area contributed by atoms with E-state index in [1.807, 2.05) is 49.5 Å². The summed E-state index contributed by atoms with van der Waals surface area (Å²) in [5.41, 5.74) is 4.42. The minimum Gasteiger partial charge on any atom is -0.508 e. The van der Waals surface area contributed by atoms with Gasteiger partial charge in [0.1, 0.15) is 5.75 Å². The zero-order chi connectivity index (χ0) is 17.4. The Labute approximate surface area is 143 Å². The van der Waals surface area contributed by atoms with Crippen molar-refractivity contribution in [2.24, 2.45) is 12.2 Å². The molecule has 0 radical (unpaired) electrons. The number of aryl methyl sites for hydroxylation is 1. The van der Waals surface area contributed by atoms with Gasteiger partial charge in [0, 0.05) is 29.9 Å². The number of oxime groups is 1. The molecule has 0 aliphatic rings. The molecule has 0 saturated heterocycles. The summed E-state index contributed by atoms with van der Waals surface area (Å²) in [6, 6.07) is 16.8. The smallest absolute Gasteiger partial charge is 0.115 e. The number of rotatable bonds is 3. The molecular weight excluding hydrogens is 316 g/mol. The Balaban J connectivity index is 2.16. The van der Waals surface area contributed by atoms with Crippen molar-refractivity contribution in [2.75, 3.05) is 0 Å². The Morgan fingerprint density at radius 2 is 1.80 bits per heavy atom. The van der Waals surface area contributed by atoms with E-state index in [-0.39, 0.29) is 5.75 Å². The van der Waals surface area contributed by atoms with Crippen molar-refractivity contribution in [3.63, 3.8) is 0 Å². The molecule has 0 aliphatic heterocycles. The first-order valence-electron chi connectivity index (χ1n) is 7.79. The van der Waals surface area contributed by atoms with Crippen molar-refractivity contribution in [1.82, 2.24) is 14.3 Å². The SMILES string of the molecule is Cn1nccc1-c1c(/C=N/O)c2ccccc2n1-c1ccc(O)cc1. The number of nitrogens with zero attached hydrogens (tertiary/aromatic N) is 4. The van der Waals surface area contributed by atoms with E-state index in [2.05, 4.69) is 14.8 Å². The molecule has 2 aromatic carbocycles. The van der Waals surface area contributed by atoms with Gasteiger partial charge in [0.05, 0.1) is 23.1 Å². The van der Waals surface area contributed by atoms with Gasteiger partial charge in [0.15, 0.2) is 0 Å². The highest BCUT2D eigenvalue weighted by Gasteiger charge is 2.20. The standard InChI is InChI=1S/C19H16N4O2/c1-22-18(10-11-20-22)19-16(12-21-25)15-4-2-3-5-17(15)23(19)13-6-8-14(24)9-7-13/h2-12,24-25H,1H3/b21-12+. The minimum absolute atomic E-state index is 0.208. The lowest BCUT2D eigenvalue weighted by Gasteiger charge is -2.12. The highest BCUT2D eigenvalue weighted by Crippen LogP contribution is 2.35. The third-order valence-corrected chi connectivity index (χ3v) is 4.27. The number of hydrogen-bond acceptors (Lipinski definition) is 4. The third kappa shape index (κ3) is 2.35. The van der Waals surface area contributed by atoms with Crippen molar-refractivity contribution < 1.29 is 10.3 Å². The normalized spacial score (nSPS) is 11.6. The molecule has 0 amide bonds. The second kappa shape index (κ2) is 5.83. The number of phenols is 1. The van der Waals surface area contributed by atoms with Gasteiger partial charge in [-0.1, -0.05) is 23.4 Å². The minimum atomic E-state index is 0.208. The van der Waals surface area contributed by atoms with E-state index in [0.29, 0.717) is 0 Å². The summed E-state index contributed by atoms with van der Waals surface area (Å²) < 4.78 is 3.85. The maximum Gasteiger partial charge on any atom is 0.115 e. The maximum absolute atomic E-state index is 9.63. The number of hydrogen-bond donors (Lipinski definition) is 2. The van der Waals surface area contributed by atoms with Crippen LogP contribution in [0.15, 0.2) is 65.9 Å². The van der Waals surface area contributed by atoms with Gasteiger partial charge in [-0.05, 0) is 36.4 Å². The average molecular weight is 332 g/mol. The molecule has 6 nitrogen and oxygen atoms in total. The Morgan fingerprint density at radius 3 is 2.48 bits per heavy atom. The van der Waals surface area contributed by atoms with Gasteiger partial charge in [-0.25, -0.2) is 0 Å². The molecule has 2 aromatic heterocycles. The molecular formula is C19H16N4O2. The predicted octanol–water partition coefficient (Wildman–Crippen LogP) is 3.54. The molecule has 4 rings (SSSR count). The van der Waals surface area contributed by atoms with Crippen LogP contribution in [0.1, 0.15) is 5.56 Å². The van der Waals surface area contributed by atoms with Crippen LogP contribution in [0.3, 0.4) is 0 Å². The van der Waals surface area contributed by atoms with Gasteiger partial charge in [-0.15, -0.1) is 0 Å². The van der Waals surface area contributed by atoms with Crippen molar-refractivity contribution >= 4 is 17.1 Å². The van der Waals surface area contributed by atoms with Crippen LogP contribution >= 0.6 is 0 Å². The summed E-state index contributed by atoms with van der Waals surface area (Å²) in [6.07, 6.45) is 3.18. The monoisotopic (exact) mass is 332 g/mol. The summed E-state index contributed by atoms with van der Waals surface area (Å²) in [6.45, 7) is 0. The van der Waals surface area contributed by atoms with E-state index < -0.39 is 0 Å². The molecule has 0 unspecified atom stereocenters. The van der Waals surface area contributed by atoms with Crippen molar-refractivity contribution in [3.8, 4) is 22.8 Å². The fraction of sp³-hybridized carbons (Fsp3) is 0.0526. The van der Waals surface area contributed by atoms with Crippen LogP contribution in [0.2, 0.25) is 0 Å². The summed E-state index contributed by atoms with van der Waals surface area (Å²) in [4.78, 5) is 0. The molecule has 0 saturated carbocycles. The van der Waals surface area contributed by atoms with Gasteiger partial charge in [-0.2, -0.15) is 5.10 Å². The predicted molar refractivity (Wildman–Crippen MR) is 96.5 cm³/mol. The average Bonchev–Trinajstić information content (AvgIpc) is 3.18. The van der Waals surface area contributed by atoms with Gasteiger partial charge in [0.25, 0.3) is 0 Å². The summed E-state index contributed by atoms with van der Waals surface area (Å²) >= 11 is 0. The Kier molecular flexibility index (Phi) is 3.50. The van der Waals surface area contributed by atoms with Crippen LogP contribution in [0.25, 0.3) is 28.0 Å². The first-order valence-corrected chi connectivity index (χ1v) is 7.79. The lowest BCUT2D eigenvalue weighted by Crippen LogP contribution is -2.02. The van der Waals surface area contributed by atoms with E-state index in [1.54, 1.807) is 23.0 Å². The largest absolute Gasteiger partial charge is 0.508 e. The fourth-order valence-electron chi connectivity index (χ4n) is 3.18. The molecule has 124 valence electrons. The zero-order valence-electron chi connectivity index (χ0n) is 13.5. The van der Waals surface area contributed by atoms with Crippen LogP contribution in [-0.4, -0.2) is 30.9 Å². The number of aromatic hydroxyl groups is 1. The van der Waals surface area contributed by atoms with Crippen molar-refractivity contribution in [3.05, 3.63) is 66.4 Å². The van der Waals surface area contributed by atoms with Crippen molar-refractivity contribution in [2.45, 2.75) is 0 Å². The quantitative estimate of drug-likeness (QED) is 0.342. The topological polar surface area (TPSA) is 75.6 Å². The molecule has 2 N–H and O–H groups in total. The molecule has 4 aromatic rings. The number of fused-ring (bicyclic) bond motifs is 1. The Hall–Kier alpha value is -3.54. The first-order chi connectivity index (χ1) is 12.2. The Bertz CT molecular complexity index is 1070. The molecule has 0 aliphatic carbocycles. The first kappa shape index (κ1) is 15.0. The Morgan fingerprint density at radius 1 is 1.04 bits per heavy atom. The van der Waals surface area contributed by atoms with Crippen molar-refractivity contribution in [1.29, 1.82) is 0 Å². The van der Waals surface area contributed by atoms with Crippen LogP contribution in [0, 0.1) is 0 Å². The summed E-state index contributed by atoms with van der Waals surface area (Å²) in [7, 11) is 1.87. The van der Waals surface area contributed by atoms with Gasteiger partial charge >= 0.3 is 0 Å². The van der Waals surface area contributed by atoms with Crippen LogP contribution in [0.5, 0.6) is 5.75 Å². The highest BCUT2D eigenvalue weighted by molar-refractivity contribution is 6.07. The fourth-order valence-corrected chi connectivity index (χ4v) is 3.18. The summed E-state index contributed by atoms with van der Waals surface area (Å²) in [5, 5.41) is 27.3. The van der Waals surface area contributed by atoms with Gasteiger partial charge < -0.3 is 14.9 Å². The number of phenolic OH excluding ortho intramolecular Hbond substituents is 1. The molecule has 0 bridgehead atoms. The van der Waals surface area contributed by atoms with E-state index >= 15 is 0 Å². The highest BCUT2D eigenvalue weighted by atomic mass is 16.4. The van der Waals surface area contributed by atoms with Gasteiger partial charge in [0.2, 0.25) is 0 Å². The molecule has 0 atom stereocenters. The lowest BCUT2D eigenvalue weighted by atomic mass is 10.1.